The third kappa shape index (κ3) is 3.29. The molecule has 0 atom stereocenters. The van der Waals surface area contributed by atoms with Gasteiger partial charge in [-0.05, 0) is 19.2 Å². The standard InChI is InChI=1S/C10H9Cl2N3OS/c1-13-5-9-14-15-10(17-9)16-6-2-3-7(11)8(12)4-6/h2-4,13H,5H2,1H3. The Kier molecular flexibility index (Phi) is 4.17. The Labute approximate surface area is 113 Å². The molecule has 90 valence electrons. The van der Waals surface area contributed by atoms with Crippen LogP contribution in [0, 0.1) is 0 Å². The van der Waals surface area contributed by atoms with Gasteiger partial charge in [0.2, 0.25) is 0 Å². The van der Waals surface area contributed by atoms with Gasteiger partial charge < -0.3 is 10.1 Å². The van der Waals surface area contributed by atoms with Crippen LogP contribution < -0.4 is 10.1 Å². The summed E-state index contributed by atoms with van der Waals surface area (Å²) in [5, 5.41) is 13.2. The lowest BCUT2D eigenvalue weighted by Gasteiger charge is -2.01. The maximum absolute atomic E-state index is 5.88. The molecule has 0 radical (unpaired) electrons. The van der Waals surface area contributed by atoms with E-state index < -0.39 is 0 Å². The first-order valence-corrected chi connectivity index (χ1v) is 6.36. The average molecular weight is 290 g/mol. The van der Waals surface area contributed by atoms with E-state index in [0.29, 0.717) is 27.5 Å². The van der Waals surface area contributed by atoms with Crippen molar-refractivity contribution in [3.63, 3.8) is 0 Å². The van der Waals surface area contributed by atoms with E-state index in [1.165, 1.54) is 11.3 Å². The van der Waals surface area contributed by atoms with E-state index in [2.05, 4.69) is 15.5 Å². The molecule has 0 aliphatic rings. The van der Waals surface area contributed by atoms with Gasteiger partial charge in [-0.15, -0.1) is 5.10 Å². The van der Waals surface area contributed by atoms with E-state index >= 15 is 0 Å². The second-order valence-electron chi connectivity index (χ2n) is 3.17. The molecule has 0 unspecified atom stereocenters. The predicted octanol–water partition coefficient (Wildman–Crippen LogP) is 3.36. The normalized spacial score (nSPS) is 10.5. The van der Waals surface area contributed by atoms with Gasteiger partial charge in [0.15, 0.2) is 0 Å². The van der Waals surface area contributed by atoms with E-state index in [1.807, 2.05) is 7.05 Å². The van der Waals surface area contributed by atoms with Crippen molar-refractivity contribution in [3.8, 4) is 10.9 Å². The summed E-state index contributed by atoms with van der Waals surface area (Å²) >= 11 is 13.1. The molecule has 1 heterocycles. The van der Waals surface area contributed by atoms with E-state index in [1.54, 1.807) is 18.2 Å². The number of hydrogen-bond donors (Lipinski definition) is 1. The molecule has 2 aromatic rings. The van der Waals surface area contributed by atoms with Gasteiger partial charge in [0.25, 0.3) is 5.19 Å². The molecule has 0 fully saturated rings. The molecule has 0 aliphatic heterocycles. The van der Waals surface area contributed by atoms with Crippen LogP contribution in [0.5, 0.6) is 10.9 Å². The molecule has 0 aliphatic carbocycles. The van der Waals surface area contributed by atoms with E-state index in [-0.39, 0.29) is 0 Å². The second kappa shape index (κ2) is 5.64. The number of aromatic nitrogens is 2. The van der Waals surface area contributed by atoms with Crippen molar-refractivity contribution in [2.75, 3.05) is 7.05 Å². The summed E-state index contributed by atoms with van der Waals surface area (Å²) in [6.45, 7) is 0.669. The fourth-order valence-electron chi connectivity index (χ4n) is 1.14. The molecule has 0 saturated heterocycles. The largest absolute Gasteiger partial charge is 0.430 e. The zero-order valence-corrected chi connectivity index (χ0v) is 11.2. The maximum atomic E-state index is 5.88. The molecular formula is C10H9Cl2N3OS. The number of nitrogens with one attached hydrogen (secondary N) is 1. The average Bonchev–Trinajstić information content (AvgIpc) is 2.72. The van der Waals surface area contributed by atoms with E-state index in [0.717, 1.165) is 5.01 Å². The Bertz CT molecular complexity index is 518. The first kappa shape index (κ1) is 12.6. The minimum atomic E-state index is 0.448. The molecule has 0 spiro atoms. The Morgan fingerprint density at radius 2 is 2.12 bits per heavy atom. The highest BCUT2D eigenvalue weighted by Crippen LogP contribution is 2.30. The highest BCUT2D eigenvalue weighted by molar-refractivity contribution is 7.13. The molecule has 0 bridgehead atoms. The highest BCUT2D eigenvalue weighted by atomic mass is 35.5. The van der Waals surface area contributed by atoms with Crippen LogP contribution in [0.2, 0.25) is 10.0 Å². The van der Waals surface area contributed by atoms with E-state index in [9.17, 15) is 0 Å². The summed E-state index contributed by atoms with van der Waals surface area (Å²) in [5.41, 5.74) is 0. The fraction of sp³-hybridized carbons (Fsp3) is 0.200. The number of ether oxygens (including phenoxy) is 1. The molecule has 2 rings (SSSR count). The minimum absolute atomic E-state index is 0.448. The van der Waals surface area contributed by atoms with Crippen LogP contribution in [0.25, 0.3) is 0 Å². The third-order valence-corrected chi connectivity index (χ3v) is 3.41. The minimum Gasteiger partial charge on any atom is -0.430 e. The zero-order chi connectivity index (χ0) is 12.3. The Hall–Kier alpha value is -0.880. The Balaban J connectivity index is 2.11. The Morgan fingerprint density at radius 3 is 2.82 bits per heavy atom. The molecule has 0 amide bonds. The fourth-order valence-corrected chi connectivity index (χ4v) is 2.15. The summed E-state index contributed by atoms with van der Waals surface area (Å²) in [5.74, 6) is 0.589. The van der Waals surface area contributed by atoms with Crippen molar-refractivity contribution in [2.45, 2.75) is 6.54 Å². The molecule has 17 heavy (non-hydrogen) atoms. The molecule has 7 heteroatoms. The van der Waals surface area contributed by atoms with Gasteiger partial charge in [-0.2, -0.15) is 0 Å². The van der Waals surface area contributed by atoms with Crippen molar-refractivity contribution < 1.29 is 4.74 Å². The summed E-state index contributed by atoms with van der Waals surface area (Å²) in [6, 6.07) is 5.05. The lowest BCUT2D eigenvalue weighted by molar-refractivity contribution is 0.473. The molecule has 1 aromatic carbocycles. The highest BCUT2D eigenvalue weighted by Gasteiger charge is 2.07. The van der Waals surface area contributed by atoms with E-state index in [4.69, 9.17) is 27.9 Å². The third-order valence-electron chi connectivity index (χ3n) is 1.87. The van der Waals surface area contributed by atoms with Crippen LogP contribution in [0.15, 0.2) is 18.2 Å². The molecular weight excluding hydrogens is 281 g/mol. The van der Waals surface area contributed by atoms with Gasteiger partial charge in [0, 0.05) is 12.6 Å². The lowest BCUT2D eigenvalue weighted by Crippen LogP contribution is -2.04. The summed E-state index contributed by atoms with van der Waals surface area (Å²) in [6.07, 6.45) is 0. The predicted molar refractivity (Wildman–Crippen MR) is 69.2 cm³/mol. The van der Waals surface area contributed by atoms with Crippen LogP contribution >= 0.6 is 34.5 Å². The summed E-state index contributed by atoms with van der Waals surface area (Å²) in [4.78, 5) is 0. The smallest absolute Gasteiger partial charge is 0.299 e. The van der Waals surface area contributed by atoms with Crippen molar-refractivity contribution in [1.29, 1.82) is 0 Å². The zero-order valence-electron chi connectivity index (χ0n) is 8.91. The van der Waals surface area contributed by atoms with Crippen molar-refractivity contribution >= 4 is 34.5 Å². The number of benzene rings is 1. The number of nitrogens with zero attached hydrogens (tertiary/aromatic N) is 2. The summed E-state index contributed by atoms with van der Waals surface area (Å²) in [7, 11) is 1.85. The van der Waals surface area contributed by atoms with Gasteiger partial charge in [0.05, 0.1) is 10.0 Å². The maximum Gasteiger partial charge on any atom is 0.299 e. The van der Waals surface area contributed by atoms with Gasteiger partial charge in [-0.25, -0.2) is 0 Å². The first-order chi connectivity index (χ1) is 8.19. The number of hydrogen-bond acceptors (Lipinski definition) is 5. The van der Waals surface area contributed by atoms with Crippen LogP contribution in [-0.2, 0) is 6.54 Å². The van der Waals surface area contributed by atoms with Gasteiger partial charge in [0.1, 0.15) is 10.8 Å². The molecule has 4 nitrogen and oxygen atoms in total. The second-order valence-corrected chi connectivity index (χ2v) is 5.01. The Morgan fingerprint density at radius 1 is 1.29 bits per heavy atom. The van der Waals surface area contributed by atoms with Crippen LogP contribution in [0.4, 0.5) is 0 Å². The van der Waals surface area contributed by atoms with Crippen molar-refractivity contribution in [1.82, 2.24) is 15.5 Å². The number of halogens is 2. The molecule has 1 N–H and O–H groups in total. The van der Waals surface area contributed by atoms with Crippen LogP contribution in [0.3, 0.4) is 0 Å². The lowest BCUT2D eigenvalue weighted by atomic mass is 10.3. The van der Waals surface area contributed by atoms with Crippen molar-refractivity contribution in [3.05, 3.63) is 33.3 Å². The quantitative estimate of drug-likeness (QED) is 0.938. The number of rotatable bonds is 4. The topological polar surface area (TPSA) is 47.0 Å². The summed E-state index contributed by atoms with van der Waals surface area (Å²) < 4.78 is 5.52. The van der Waals surface area contributed by atoms with Crippen LogP contribution in [-0.4, -0.2) is 17.2 Å². The van der Waals surface area contributed by atoms with Gasteiger partial charge in [-0.3, -0.25) is 0 Å². The monoisotopic (exact) mass is 289 g/mol. The first-order valence-electron chi connectivity index (χ1n) is 4.79. The molecule has 0 saturated carbocycles. The van der Waals surface area contributed by atoms with Gasteiger partial charge in [-0.1, -0.05) is 39.6 Å². The van der Waals surface area contributed by atoms with Crippen LogP contribution in [0.1, 0.15) is 5.01 Å². The SMILES string of the molecule is CNCc1nnc(Oc2ccc(Cl)c(Cl)c2)s1. The van der Waals surface area contributed by atoms with Crippen molar-refractivity contribution in [2.24, 2.45) is 0 Å². The van der Waals surface area contributed by atoms with Gasteiger partial charge >= 0.3 is 0 Å². The molecule has 1 aromatic heterocycles.